The average Bonchev–Trinajstić information content (AvgIpc) is 3.06. The van der Waals surface area contributed by atoms with Crippen molar-refractivity contribution >= 4 is 8.32 Å². The van der Waals surface area contributed by atoms with Crippen molar-refractivity contribution in [3.05, 3.63) is 90.1 Å². The molecule has 7 atom stereocenters. The highest BCUT2D eigenvalue weighted by molar-refractivity contribution is 6.74. The van der Waals surface area contributed by atoms with Crippen molar-refractivity contribution in [3.8, 4) is 18.1 Å². The van der Waals surface area contributed by atoms with E-state index < -0.39 is 8.32 Å². The molecule has 0 saturated heterocycles. The van der Waals surface area contributed by atoms with Gasteiger partial charge in [-0.25, -0.2) is 0 Å². The Kier molecular flexibility index (Phi) is 17.7. The maximum absolute atomic E-state index is 7.02. The van der Waals surface area contributed by atoms with Crippen molar-refractivity contribution in [3.63, 3.8) is 0 Å². The van der Waals surface area contributed by atoms with Gasteiger partial charge >= 0.3 is 0 Å². The fourth-order valence-electron chi connectivity index (χ4n) is 6.28. The first-order valence-corrected chi connectivity index (χ1v) is 21.6. The Labute approximate surface area is 311 Å². The number of terminal acetylenes is 1. The maximum Gasteiger partial charge on any atom is 0.192 e. The summed E-state index contributed by atoms with van der Waals surface area (Å²) in [5.74, 6) is 3.99. The molecule has 3 rings (SSSR count). The van der Waals surface area contributed by atoms with Crippen molar-refractivity contribution in [1.82, 2.24) is 0 Å². The van der Waals surface area contributed by atoms with Crippen LogP contribution in [-0.2, 0) is 30.0 Å². The molecule has 2 unspecified atom stereocenters. The summed E-state index contributed by atoms with van der Waals surface area (Å²) >= 11 is 0. The van der Waals surface area contributed by atoms with Crippen LogP contribution in [0, 0.1) is 18.3 Å². The van der Waals surface area contributed by atoms with E-state index in [0.717, 1.165) is 43.4 Å². The second-order valence-electron chi connectivity index (χ2n) is 15.9. The lowest BCUT2D eigenvalue weighted by Gasteiger charge is -2.39. The third-order valence-corrected chi connectivity index (χ3v) is 14.7. The highest BCUT2D eigenvalue weighted by atomic mass is 28.4. The highest BCUT2D eigenvalue weighted by Gasteiger charge is 2.39. The van der Waals surface area contributed by atoms with Gasteiger partial charge in [-0.1, -0.05) is 100 Å². The Balaban J connectivity index is 1.74. The fraction of sp³-hybridized carbons (Fsp3) is 0.591. The van der Waals surface area contributed by atoms with Crippen molar-refractivity contribution in [2.75, 3.05) is 20.8 Å². The molecule has 0 fully saturated rings. The minimum Gasteiger partial charge on any atom is -0.497 e. The number of benzene rings is 1. The molecule has 0 N–H and O–H groups in total. The zero-order valence-corrected chi connectivity index (χ0v) is 34.0. The number of methoxy groups -OCH3 is 2. The molecule has 0 aliphatic carbocycles. The Morgan fingerprint density at radius 3 is 2.53 bits per heavy atom. The van der Waals surface area contributed by atoms with E-state index in [4.69, 9.17) is 34.5 Å². The van der Waals surface area contributed by atoms with Crippen LogP contribution in [0.15, 0.2) is 84.5 Å². The van der Waals surface area contributed by atoms with Gasteiger partial charge in [0.1, 0.15) is 11.9 Å². The highest BCUT2D eigenvalue weighted by Crippen LogP contribution is 2.38. The molecule has 2 heterocycles. The summed E-state index contributed by atoms with van der Waals surface area (Å²) in [6, 6.07) is 8.00. The van der Waals surface area contributed by atoms with E-state index in [-0.39, 0.29) is 41.7 Å². The largest absolute Gasteiger partial charge is 0.497 e. The van der Waals surface area contributed by atoms with E-state index in [1.54, 1.807) is 14.2 Å². The summed E-state index contributed by atoms with van der Waals surface area (Å²) in [6.45, 7) is 21.6. The molecular formula is C44H66O6Si. The van der Waals surface area contributed by atoms with E-state index >= 15 is 0 Å². The van der Waals surface area contributed by atoms with Crippen LogP contribution in [0.2, 0.25) is 18.1 Å². The quantitative estimate of drug-likeness (QED) is 0.0760. The van der Waals surface area contributed by atoms with Gasteiger partial charge in [0.05, 0.1) is 50.8 Å². The van der Waals surface area contributed by atoms with Crippen molar-refractivity contribution in [2.45, 2.75) is 141 Å². The summed E-state index contributed by atoms with van der Waals surface area (Å²) < 4.78 is 37.2. The van der Waals surface area contributed by atoms with Gasteiger partial charge < -0.3 is 28.1 Å². The van der Waals surface area contributed by atoms with Gasteiger partial charge in [0.15, 0.2) is 8.32 Å². The maximum atomic E-state index is 7.02. The van der Waals surface area contributed by atoms with E-state index in [9.17, 15) is 0 Å². The van der Waals surface area contributed by atoms with Crippen molar-refractivity contribution in [1.29, 1.82) is 0 Å². The average molecular weight is 719 g/mol. The standard InChI is InChI=1S/C44H66O6Si/c1-12-15-38-16-13-17-40(49-38)30-34(3)28-35(4)31-41(50-51(10,11)44(5,6)7)18-14-19-43(48-32-36-20-22-37(45-8)23-21-36)42(46-9)25-24-39-29-33(2)26-27-47-39/h1,13-14,16,18,20-26,34,38-43H,4,15,17,19,27-32H2,2-3,5-11H3/b18-14+,25-24+/t34-,38+,39+,40-,41?,42?,43-/m0/s1. The molecule has 0 radical (unpaired) electrons. The lowest BCUT2D eigenvalue weighted by molar-refractivity contribution is -0.0420. The fourth-order valence-corrected chi connectivity index (χ4v) is 7.56. The van der Waals surface area contributed by atoms with Gasteiger partial charge in [-0.15, -0.1) is 12.3 Å². The topological polar surface area (TPSA) is 55.4 Å². The van der Waals surface area contributed by atoms with Gasteiger partial charge in [0, 0.05) is 13.5 Å². The van der Waals surface area contributed by atoms with Gasteiger partial charge in [-0.05, 0) is 87.2 Å². The lowest BCUT2D eigenvalue weighted by Crippen LogP contribution is -2.43. The second-order valence-corrected chi connectivity index (χ2v) is 20.6. The van der Waals surface area contributed by atoms with Crippen molar-refractivity contribution < 1.29 is 28.1 Å². The summed E-state index contributed by atoms with van der Waals surface area (Å²) in [7, 11) is 1.35. The smallest absolute Gasteiger partial charge is 0.192 e. The monoisotopic (exact) mass is 718 g/mol. The SMILES string of the molecule is C#CC[C@@H]1C=CC[C@@H](C[C@@H](C)CC(=C)CC(/C=C/C[C@H](OCc2ccc(OC)cc2)C(/C=C/[C@@H]2CC(C)=CCO2)OC)O[Si](C)(C)C(C)(C)C)O1. The van der Waals surface area contributed by atoms with Gasteiger partial charge in [0.25, 0.3) is 0 Å². The first kappa shape index (κ1) is 42.7. The minimum absolute atomic E-state index is 0.0239. The molecule has 1 aromatic carbocycles. The molecule has 6 nitrogen and oxygen atoms in total. The molecule has 282 valence electrons. The van der Waals surface area contributed by atoms with Crippen LogP contribution < -0.4 is 4.74 Å². The van der Waals surface area contributed by atoms with Gasteiger partial charge in [0.2, 0.25) is 0 Å². The van der Waals surface area contributed by atoms with Crippen molar-refractivity contribution in [2.24, 2.45) is 5.92 Å². The number of ether oxygens (including phenoxy) is 5. The van der Waals surface area contributed by atoms with Crippen LogP contribution in [0.25, 0.3) is 0 Å². The van der Waals surface area contributed by atoms with Crippen LogP contribution in [0.1, 0.15) is 85.1 Å². The number of hydrogen-bond acceptors (Lipinski definition) is 6. The molecule has 51 heavy (non-hydrogen) atoms. The third kappa shape index (κ3) is 15.1. The molecule has 0 spiro atoms. The molecule has 7 heteroatoms. The van der Waals surface area contributed by atoms with Crippen LogP contribution in [0.5, 0.6) is 5.75 Å². The Morgan fingerprint density at radius 1 is 1.14 bits per heavy atom. The minimum atomic E-state index is -2.07. The number of hydrogen-bond donors (Lipinski definition) is 0. The molecular weight excluding hydrogens is 653 g/mol. The summed E-state index contributed by atoms with van der Waals surface area (Å²) in [5.41, 5.74) is 3.62. The first-order chi connectivity index (χ1) is 24.2. The van der Waals surface area contributed by atoms with E-state index in [1.807, 2.05) is 24.3 Å². The normalized spacial score (nSPS) is 22.4. The van der Waals surface area contributed by atoms with Crippen LogP contribution in [0.4, 0.5) is 0 Å². The first-order valence-electron chi connectivity index (χ1n) is 18.7. The van der Waals surface area contributed by atoms with E-state index in [0.29, 0.717) is 32.0 Å². The predicted molar refractivity (Wildman–Crippen MR) is 213 cm³/mol. The third-order valence-electron chi connectivity index (χ3n) is 10.2. The molecule has 0 bridgehead atoms. The van der Waals surface area contributed by atoms with Gasteiger partial charge in [-0.2, -0.15) is 0 Å². The van der Waals surface area contributed by atoms with Crippen LogP contribution in [0.3, 0.4) is 0 Å². The van der Waals surface area contributed by atoms with E-state index in [2.05, 4.69) is 103 Å². The molecule has 0 aromatic heterocycles. The zero-order chi connectivity index (χ0) is 37.4. The zero-order valence-electron chi connectivity index (χ0n) is 33.0. The molecule has 0 saturated carbocycles. The predicted octanol–water partition coefficient (Wildman–Crippen LogP) is 10.3. The molecule has 1 aromatic rings. The molecule has 2 aliphatic rings. The lowest BCUT2D eigenvalue weighted by atomic mass is 9.91. The Morgan fingerprint density at radius 2 is 1.88 bits per heavy atom. The van der Waals surface area contributed by atoms with Gasteiger partial charge in [-0.3, -0.25) is 0 Å². The summed E-state index contributed by atoms with van der Waals surface area (Å²) in [6.07, 6.45) is 26.1. The summed E-state index contributed by atoms with van der Waals surface area (Å²) in [5, 5.41) is 0.0825. The van der Waals surface area contributed by atoms with E-state index in [1.165, 1.54) is 11.1 Å². The van der Waals surface area contributed by atoms with Crippen LogP contribution in [-0.4, -0.2) is 65.8 Å². The summed E-state index contributed by atoms with van der Waals surface area (Å²) in [4.78, 5) is 0. The Hall–Kier alpha value is -2.70. The van der Waals surface area contributed by atoms with Crippen LogP contribution >= 0.6 is 0 Å². The number of rotatable bonds is 20. The Bertz CT molecular complexity index is 1360. The second kappa shape index (κ2) is 21.1. The molecule has 2 aliphatic heterocycles. The molecule has 0 amide bonds.